The first-order chi connectivity index (χ1) is 12.0. The molecule has 0 aliphatic rings. The average Bonchev–Trinajstić information content (AvgIpc) is 3.24. The number of benzene rings is 1. The van der Waals surface area contributed by atoms with Crippen LogP contribution in [0.3, 0.4) is 0 Å². The van der Waals surface area contributed by atoms with E-state index in [-0.39, 0.29) is 18.2 Å². The summed E-state index contributed by atoms with van der Waals surface area (Å²) in [6, 6.07) is 7.56. The van der Waals surface area contributed by atoms with Gasteiger partial charge >= 0.3 is 0 Å². The van der Waals surface area contributed by atoms with Crippen molar-refractivity contribution in [3.63, 3.8) is 0 Å². The number of carbonyl (C=O) groups excluding carboxylic acids is 2. The van der Waals surface area contributed by atoms with Crippen molar-refractivity contribution in [2.24, 2.45) is 0 Å². The Balaban J connectivity index is 1.60. The minimum Gasteiger partial charge on any atom is -0.325 e. The minimum atomic E-state index is -0.193. The number of rotatable bonds is 5. The summed E-state index contributed by atoms with van der Waals surface area (Å²) in [5.74, 6) is -0.323. The number of thiazole rings is 1. The van der Waals surface area contributed by atoms with E-state index >= 15 is 0 Å². The van der Waals surface area contributed by atoms with E-state index in [1.165, 1.54) is 22.7 Å². The third kappa shape index (κ3) is 4.32. The zero-order valence-electron chi connectivity index (χ0n) is 13.8. The Morgan fingerprint density at radius 3 is 2.72 bits per heavy atom. The summed E-state index contributed by atoms with van der Waals surface area (Å²) in [4.78, 5) is 28.5. The summed E-state index contributed by atoms with van der Waals surface area (Å²) in [7, 11) is 0. The maximum atomic E-state index is 12.2. The second kappa shape index (κ2) is 7.58. The lowest BCUT2D eigenvalue weighted by Crippen LogP contribution is -2.16. The highest BCUT2D eigenvalue weighted by atomic mass is 32.1. The SMILES string of the molecule is Cc1cccc(NC(=O)Cc2csc(NC(=O)c3ccsc3)n2)c1C. The van der Waals surface area contributed by atoms with Gasteiger partial charge in [0.05, 0.1) is 17.7 Å². The summed E-state index contributed by atoms with van der Waals surface area (Å²) < 4.78 is 0. The van der Waals surface area contributed by atoms with Gasteiger partial charge in [0, 0.05) is 16.4 Å². The van der Waals surface area contributed by atoms with Crippen LogP contribution < -0.4 is 10.6 Å². The van der Waals surface area contributed by atoms with Gasteiger partial charge in [0.2, 0.25) is 5.91 Å². The highest BCUT2D eigenvalue weighted by molar-refractivity contribution is 7.14. The van der Waals surface area contributed by atoms with Crippen molar-refractivity contribution in [3.05, 3.63) is 62.8 Å². The van der Waals surface area contributed by atoms with Crippen molar-refractivity contribution in [1.29, 1.82) is 0 Å². The van der Waals surface area contributed by atoms with Crippen molar-refractivity contribution in [2.45, 2.75) is 20.3 Å². The van der Waals surface area contributed by atoms with Gasteiger partial charge in [-0.15, -0.1) is 11.3 Å². The van der Waals surface area contributed by atoms with Gasteiger partial charge < -0.3 is 5.32 Å². The Morgan fingerprint density at radius 1 is 1.12 bits per heavy atom. The predicted octanol–water partition coefficient (Wildman–Crippen LogP) is 4.25. The van der Waals surface area contributed by atoms with E-state index in [2.05, 4.69) is 15.6 Å². The Morgan fingerprint density at radius 2 is 1.96 bits per heavy atom. The fraction of sp³-hybridized carbons (Fsp3) is 0.167. The Bertz CT molecular complexity index is 901. The fourth-order valence-electron chi connectivity index (χ4n) is 2.25. The summed E-state index contributed by atoms with van der Waals surface area (Å²) in [6.07, 6.45) is 0.165. The number of anilines is 2. The number of thiophene rings is 1. The number of carbonyl (C=O) groups is 2. The Hall–Kier alpha value is -2.51. The lowest BCUT2D eigenvalue weighted by Gasteiger charge is -2.09. The molecule has 0 spiro atoms. The van der Waals surface area contributed by atoms with Crippen LogP contribution in [-0.2, 0) is 11.2 Å². The van der Waals surface area contributed by atoms with Crippen LogP contribution in [0.2, 0.25) is 0 Å². The van der Waals surface area contributed by atoms with Crippen LogP contribution in [0.1, 0.15) is 27.2 Å². The van der Waals surface area contributed by atoms with E-state index in [9.17, 15) is 9.59 Å². The molecular weight excluding hydrogens is 354 g/mol. The first-order valence-corrected chi connectivity index (χ1v) is 9.49. The van der Waals surface area contributed by atoms with Gasteiger partial charge in [-0.3, -0.25) is 14.9 Å². The number of amides is 2. The molecule has 2 aromatic heterocycles. The van der Waals surface area contributed by atoms with E-state index in [4.69, 9.17) is 0 Å². The lowest BCUT2D eigenvalue weighted by molar-refractivity contribution is -0.115. The maximum Gasteiger partial charge on any atom is 0.258 e. The van der Waals surface area contributed by atoms with Gasteiger partial charge in [-0.2, -0.15) is 11.3 Å². The van der Waals surface area contributed by atoms with E-state index in [0.29, 0.717) is 16.4 Å². The molecule has 128 valence electrons. The first kappa shape index (κ1) is 17.3. The normalized spacial score (nSPS) is 10.5. The molecule has 3 rings (SSSR count). The van der Waals surface area contributed by atoms with Gasteiger partial charge in [0.1, 0.15) is 0 Å². The van der Waals surface area contributed by atoms with Gasteiger partial charge in [0.25, 0.3) is 5.91 Å². The van der Waals surface area contributed by atoms with Crippen molar-refractivity contribution in [2.75, 3.05) is 10.6 Å². The maximum absolute atomic E-state index is 12.2. The fourth-order valence-corrected chi connectivity index (χ4v) is 3.60. The van der Waals surface area contributed by atoms with Gasteiger partial charge in [-0.1, -0.05) is 12.1 Å². The molecule has 7 heteroatoms. The number of hydrogen-bond acceptors (Lipinski definition) is 5. The first-order valence-electron chi connectivity index (χ1n) is 7.67. The standard InChI is InChI=1S/C18H17N3O2S2/c1-11-4-3-5-15(12(11)2)20-16(22)8-14-10-25-18(19-14)21-17(23)13-6-7-24-9-13/h3-7,9-10H,8H2,1-2H3,(H,20,22)(H,19,21,23). The molecule has 2 N–H and O–H groups in total. The quantitative estimate of drug-likeness (QED) is 0.704. The van der Waals surface area contributed by atoms with E-state index < -0.39 is 0 Å². The molecule has 2 amide bonds. The molecule has 0 unspecified atom stereocenters. The minimum absolute atomic E-state index is 0.130. The molecule has 0 saturated carbocycles. The topological polar surface area (TPSA) is 71.1 Å². The largest absolute Gasteiger partial charge is 0.325 e. The number of nitrogens with one attached hydrogen (secondary N) is 2. The molecule has 0 aliphatic carbocycles. The van der Waals surface area contributed by atoms with Crippen LogP contribution in [0, 0.1) is 13.8 Å². The van der Waals surface area contributed by atoms with E-state index in [1.54, 1.807) is 16.8 Å². The smallest absolute Gasteiger partial charge is 0.258 e. The molecule has 2 heterocycles. The molecule has 0 saturated heterocycles. The summed E-state index contributed by atoms with van der Waals surface area (Å²) in [5, 5.41) is 11.6. The molecule has 25 heavy (non-hydrogen) atoms. The highest BCUT2D eigenvalue weighted by Gasteiger charge is 2.12. The molecular formula is C18H17N3O2S2. The lowest BCUT2D eigenvalue weighted by atomic mass is 10.1. The molecule has 1 aromatic carbocycles. The zero-order chi connectivity index (χ0) is 17.8. The molecule has 0 atom stereocenters. The highest BCUT2D eigenvalue weighted by Crippen LogP contribution is 2.20. The number of nitrogens with zero attached hydrogens (tertiary/aromatic N) is 1. The number of aromatic nitrogens is 1. The average molecular weight is 371 g/mol. The van der Waals surface area contributed by atoms with Crippen molar-refractivity contribution in [3.8, 4) is 0 Å². The predicted molar refractivity (Wildman–Crippen MR) is 103 cm³/mol. The molecule has 0 radical (unpaired) electrons. The molecule has 5 nitrogen and oxygen atoms in total. The molecule has 0 bridgehead atoms. The summed E-state index contributed by atoms with van der Waals surface area (Å²) in [6.45, 7) is 3.99. The second-order valence-corrected chi connectivity index (χ2v) is 7.22. The van der Waals surface area contributed by atoms with Crippen molar-refractivity contribution in [1.82, 2.24) is 4.98 Å². The monoisotopic (exact) mass is 371 g/mol. The van der Waals surface area contributed by atoms with Crippen LogP contribution in [0.5, 0.6) is 0 Å². The Labute approximate surface area is 153 Å². The summed E-state index contributed by atoms with van der Waals surface area (Å²) >= 11 is 2.77. The van der Waals surface area contributed by atoms with Crippen LogP contribution in [-0.4, -0.2) is 16.8 Å². The van der Waals surface area contributed by atoms with Crippen molar-refractivity contribution >= 4 is 45.3 Å². The molecule has 0 fully saturated rings. The third-order valence-corrected chi connectivity index (χ3v) is 5.27. The van der Waals surface area contributed by atoms with Crippen LogP contribution >= 0.6 is 22.7 Å². The van der Waals surface area contributed by atoms with Gasteiger partial charge in [-0.25, -0.2) is 4.98 Å². The zero-order valence-corrected chi connectivity index (χ0v) is 15.5. The number of aryl methyl sites for hydroxylation is 1. The van der Waals surface area contributed by atoms with E-state index in [1.807, 2.05) is 37.4 Å². The third-order valence-electron chi connectivity index (χ3n) is 3.78. The van der Waals surface area contributed by atoms with Crippen molar-refractivity contribution < 1.29 is 9.59 Å². The molecule has 0 aliphatic heterocycles. The summed E-state index contributed by atoms with van der Waals surface area (Å²) in [5.41, 5.74) is 4.23. The van der Waals surface area contributed by atoms with Gasteiger partial charge in [-0.05, 0) is 42.5 Å². The Kier molecular flexibility index (Phi) is 5.25. The van der Waals surface area contributed by atoms with Crippen LogP contribution in [0.15, 0.2) is 40.4 Å². The number of hydrogen-bond donors (Lipinski definition) is 2. The second-order valence-electron chi connectivity index (χ2n) is 5.58. The van der Waals surface area contributed by atoms with Crippen LogP contribution in [0.25, 0.3) is 0 Å². The molecule has 3 aromatic rings. The van der Waals surface area contributed by atoms with Gasteiger partial charge in [0.15, 0.2) is 5.13 Å². The van der Waals surface area contributed by atoms with Crippen LogP contribution in [0.4, 0.5) is 10.8 Å². The van der Waals surface area contributed by atoms with E-state index in [0.717, 1.165) is 16.8 Å².